The van der Waals surface area contributed by atoms with Gasteiger partial charge in [0.15, 0.2) is 0 Å². The Morgan fingerprint density at radius 2 is 2.08 bits per heavy atom. The molecule has 0 fully saturated rings. The van der Waals surface area contributed by atoms with Gasteiger partial charge in [0.25, 0.3) is 0 Å². The maximum atomic E-state index is 12.4. The fourth-order valence-electron chi connectivity index (χ4n) is 3.29. The van der Waals surface area contributed by atoms with Crippen molar-refractivity contribution in [2.45, 2.75) is 25.8 Å². The minimum Gasteiger partial charge on any atom is -0.349 e. The smallest absolute Gasteiger partial charge is 0.228 e. The number of pyridine rings is 1. The van der Waals surface area contributed by atoms with Crippen LogP contribution in [0.2, 0.25) is 0 Å². The molecule has 2 amide bonds. The minimum atomic E-state index is -0.128. The van der Waals surface area contributed by atoms with E-state index in [0.29, 0.717) is 6.42 Å². The first-order valence-electron chi connectivity index (χ1n) is 8.64. The Labute approximate surface area is 151 Å². The Kier molecular flexibility index (Phi) is 4.13. The van der Waals surface area contributed by atoms with Gasteiger partial charge in [-0.15, -0.1) is 0 Å². The van der Waals surface area contributed by atoms with E-state index >= 15 is 0 Å². The minimum absolute atomic E-state index is 0.0117. The van der Waals surface area contributed by atoms with E-state index in [0.717, 1.165) is 33.3 Å². The molecule has 130 valence electrons. The summed E-state index contributed by atoms with van der Waals surface area (Å²) in [6.45, 7) is 1.95. The molecular weight excluding hydrogens is 326 g/mol. The maximum absolute atomic E-state index is 12.4. The Balaban J connectivity index is 1.44. The van der Waals surface area contributed by atoms with Crippen LogP contribution in [-0.2, 0) is 22.4 Å². The van der Waals surface area contributed by atoms with Gasteiger partial charge in [-0.05, 0) is 41.8 Å². The molecule has 3 aromatic rings. The third-order valence-corrected chi connectivity index (χ3v) is 4.64. The highest BCUT2D eigenvalue weighted by molar-refractivity contribution is 5.99. The van der Waals surface area contributed by atoms with Crippen LogP contribution in [0.3, 0.4) is 0 Å². The molecular formula is C21H19N3O2. The van der Waals surface area contributed by atoms with Gasteiger partial charge in [-0.2, -0.15) is 0 Å². The molecule has 5 nitrogen and oxygen atoms in total. The second-order valence-corrected chi connectivity index (χ2v) is 6.64. The first-order chi connectivity index (χ1) is 12.6. The van der Waals surface area contributed by atoms with Gasteiger partial charge in [0.1, 0.15) is 0 Å². The topological polar surface area (TPSA) is 71.1 Å². The van der Waals surface area contributed by atoms with Gasteiger partial charge in [-0.3, -0.25) is 14.6 Å². The standard InChI is InChI=1S/C21H19N3O2/c1-13(15-6-7-19-17(10-15)11-21(26)24-19)23-20(25)9-14-8-16-4-2-3-5-18(16)22-12-14/h2-8,10,12-13H,9,11H2,1H3,(H,23,25)(H,24,26). The summed E-state index contributed by atoms with van der Waals surface area (Å²) in [5.41, 5.74) is 4.64. The molecule has 2 heterocycles. The number of nitrogens with zero attached hydrogens (tertiary/aromatic N) is 1. The number of fused-ring (bicyclic) bond motifs is 2. The lowest BCUT2D eigenvalue weighted by Gasteiger charge is -2.15. The largest absolute Gasteiger partial charge is 0.349 e. The molecule has 26 heavy (non-hydrogen) atoms. The van der Waals surface area contributed by atoms with Gasteiger partial charge in [0.2, 0.25) is 11.8 Å². The van der Waals surface area contributed by atoms with Crippen LogP contribution >= 0.6 is 0 Å². The van der Waals surface area contributed by atoms with Crippen molar-refractivity contribution in [2.24, 2.45) is 0 Å². The van der Waals surface area contributed by atoms with Crippen LogP contribution < -0.4 is 10.6 Å². The van der Waals surface area contributed by atoms with Crippen molar-refractivity contribution < 1.29 is 9.59 Å². The Bertz CT molecular complexity index is 1010. The molecule has 1 unspecified atom stereocenters. The number of aromatic nitrogens is 1. The van der Waals surface area contributed by atoms with E-state index in [4.69, 9.17) is 0 Å². The molecule has 2 N–H and O–H groups in total. The number of anilines is 1. The second-order valence-electron chi connectivity index (χ2n) is 6.64. The Morgan fingerprint density at radius 3 is 2.96 bits per heavy atom. The number of amides is 2. The number of hydrogen-bond acceptors (Lipinski definition) is 3. The first-order valence-corrected chi connectivity index (χ1v) is 8.64. The number of nitrogens with one attached hydrogen (secondary N) is 2. The summed E-state index contributed by atoms with van der Waals surface area (Å²) in [6, 6.07) is 15.5. The predicted molar refractivity (Wildman–Crippen MR) is 101 cm³/mol. The molecule has 2 aromatic carbocycles. The molecule has 1 aliphatic rings. The molecule has 0 bridgehead atoms. The van der Waals surface area contributed by atoms with E-state index in [9.17, 15) is 9.59 Å². The molecule has 4 rings (SSSR count). The number of rotatable bonds is 4. The fraction of sp³-hybridized carbons (Fsp3) is 0.190. The van der Waals surface area contributed by atoms with Crippen molar-refractivity contribution in [3.8, 4) is 0 Å². The summed E-state index contributed by atoms with van der Waals surface area (Å²) in [5.74, 6) is -0.0399. The summed E-state index contributed by atoms with van der Waals surface area (Å²) in [6.07, 6.45) is 2.43. The molecule has 1 atom stereocenters. The average molecular weight is 345 g/mol. The highest BCUT2D eigenvalue weighted by Crippen LogP contribution is 2.26. The maximum Gasteiger partial charge on any atom is 0.228 e. The average Bonchev–Trinajstić information content (AvgIpc) is 3.00. The Morgan fingerprint density at radius 1 is 1.23 bits per heavy atom. The molecule has 0 radical (unpaired) electrons. The van der Waals surface area contributed by atoms with Gasteiger partial charge >= 0.3 is 0 Å². The number of carbonyl (C=O) groups excluding carboxylic acids is 2. The number of para-hydroxylation sites is 1. The summed E-state index contributed by atoms with van der Waals surface area (Å²) >= 11 is 0. The van der Waals surface area contributed by atoms with E-state index in [2.05, 4.69) is 15.6 Å². The third kappa shape index (κ3) is 3.28. The third-order valence-electron chi connectivity index (χ3n) is 4.64. The number of carbonyl (C=O) groups is 2. The normalized spacial score (nSPS) is 14.0. The van der Waals surface area contributed by atoms with Crippen LogP contribution in [0.4, 0.5) is 5.69 Å². The fourth-order valence-corrected chi connectivity index (χ4v) is 3.29. The van der Waals surface area contributed by atoms with Gasteiger partial charge in [0.05, 0.1) is 24.4 Å². The second kappa shape index (κ2) is 6.59. The highest BCUT2D eigenvalue weighted by atomic mass is 16.2. The lowest BCUT2D eigenvalue weighted by molar-refractivity contribution is -0.121. The van der Waals surface area contributed by atoms with Gasteiger partial charge in [0, 0.05) is 17.3 Å². The quantitative estimate of drug-likeness (QED) is 0.763. The lowest BCUT2D eigenvalue weighted by atomic mass is 10.0. The van der Waals surface area contributed by atoms with Crippen molar-refractivity contribution >= 4 is 28.4 Å². The van der Waals surface area contributed by atoms with Crippen LogP contribution in [0, 0.1) is 0 Å². The molecule has 0 saturated heterocycles. The van der Waals surface area contributed by atoms with E-state index in [-0.39, 0.29) is 24.3 Å². The van der Waals surface area contributed by atoms with Crippen molar-refractivity contribution in [1.82, 2.24) is 10.3 Å². The zero-order valence-electron chi connectivity index (χ0n) is 14.5. The van der Waals surface area contributed by atoms with Crippen molar-refractivity contribution in [1.29, 1.82) is 0 Å². The summed E-state index contributed by atoms with van der Waals surface area (Å²) in [5, 5.41) is 6.87. The van der Waals surface area contributed by atoms with Crippen LogP contribution in [-0.4, -0.2) is 16.8 Å². The molecule has 0 saturated carbocycles. The van der Waals surface area contributed by atoms with Crippen LogP contribution in [0.5, 0.6) is 0 Å². The SMILES string of the molecule is CC(NC(=O)Cc1cnc2ccccc2c1)c1ccc2c(c1)CC(=O)N2. The number of benzene rings is 2. The summed E-state index contributed by atoms with van der Waals surface area (Å²) < 4.78 is 0. The van der Waals surface area contributed by atoms with Gasteiger partial charge in [-0.25, -0.2) is 0 Å². The zero-order chi connectivity index (χ0) is 18.1. The zero-order valence-corrected chi connectivity index (χ0v) is 14.5. The van der Waals surface area contributed by atoms with Gasteiger partial charge in [-0.1, -0.05) is 30.3 Å². The van der Waals surface area contributed by atoms with E-state index in [1.807, 2.05) is 55.5 Å². The molecule has 1 aromatic heterocycles. The van der Waals surface area contributed by atoms with E-state index in [1.165, 1.54) is 0 Å². The molecule has 0 aliphatic carbocycles. The highest BCUT2D eigenvalue weighted by Gasteiger charge is 2.19. The monoisotopic (exact) mass is 345 g/mol. The van der Waals surface area contributed by atoms with Crippen LogP contribution in [0.25, 0.3) is 10.9 Å². The van der Waals surface area contributed by atoms with Crippen molar-refractivity contribution in [2.75, 3.05) is 5.32 Å². The number of hydrogen-bond donors (Lipinski definition) is 2. The summed E-state index contributed by atoms with van der Waals surface area (Å²) in [7, 11) is 0. The molecule has 0 spiro atoms. The predicted octanol–water partition coefficient (Wildman–Crippen LogP) is 3.15. The van der Waals surface area contributed by atoms with Crippen LogP contribution in [0.15, 0.2) is 54.7 Å². The summed E-state index contributed by atoms with van der Waals surface area (Å²) in [4.78, 5) is 28.3. The van der Waals surface area contributed by atoms with Crippen molar-refractivity contribution in [3.05, 3.63) is 71.4 Å². The van der Waals surface area contributed by atoms with Crippen molar-refractivity contribution in [3.63, 3.8) is 0 Å². The van der Waals surface area contributed by atoms with E-state index < -0.39 is 0 Å². The lowest BCUT2D eigenvalue weighted by Crippen LogP contribution is -2.28. The Hall–Kier alpha value is -3.21. The van der Waals surface area contributed by atoms with E-state index in [1.54, 1.807) is 6.20 Å². The first kappa shape index (κ1) is 16.3. The van der Waals surface area contributed by atoms with Gasteiger partial charge < -0.3 is 10.6 Å². The molecule has 1 aliphatic heterocycles. The van der Waals surface area contributed by atoms with Crippen LogP contribution in [0.1, 0.15) is 29.7 Å². The molecule has 5 heteroatoms.